The number of hydrogen-bond donors (Lipinski definition) is 1. The summed E-state index contributed by atoms with van der Waals surface area (Å²) >= 11 is 5.98. The lowest BCUT2D eigenvalue weighted by Gasteiger charge is -2.26. The molecular formula is C20H23ClN2O4. The number of carbonyl (C=O) groups is 1. The summed E-state index contributed by atoms with van der Waals surface area (Å²) in [6, 6.07) is 10.9. The van der Waals surface area contributed by atoms with Crippen molar-refractivity contribution in [3.8, 4) is 17.2 Å². The van der Waals surface area contributed by atoms with Gasteiger partial charge in [0.15, 0.2) is 11.5 Å². The number of amides is 2. The Hall–Kier alpha value is -2.60. The van der Waals surface area contributed by atoms with Crippen molar-refractivity contribution in [1.29, 1.82) is 0 Å². The number of hydrogen-bond acceptors (Lipinski definition) is 4. The normalized spacial score (nSPS) is 16.1. The first-order valence-corrected chi connectivity index (χ1v) is 9.08. The van der Waals surface area contributed by atoms with E-state index in [0.717, 1.165) is 18.4 Å². The summed E-state index contributed by atoms with van der Waals surface area (Å²) in [6.45, 7) is 0.698. The molecule has 1 heterocycles. The zero-order valence-corrected chi connectivity index (χ0v) is 16.4. The van der Waals surface area contributed by atoms with Crippen LogP contribution in [0, 0.1) is 0 Å². The number of benzene rings is 2. The van der Waals surface area contributed by atoms with Gasteiger partial charge in [-0.15, -0.1) is 0 Å². The molecule has 1 unspecified atom stereocenters. The maximum absolute atomic E-state index is 12.9. The van der Waals surface area contributed by atoms with Crippen molar-refractivity contribution in [2.24, 2.45) is 0 Å². The predicted octanol–water partition coefficient (Wildman–Crippen LogP) is 4.73. The molecule has 1 aliphatic rings. The van der Waals surface area contributed by atoms with Gasteiger partial charge in [0.2, 0.25) is 5.75 Å². The van der Waals surface area contributed by atoms with Crippen LogP contribution in [0.25, 0.3) is 0 Å². The van der Waals surface area contributed by atoms with Crippen LogP contribution in [0.3, 0.4) is 0 Å². The molecule has 2 aromatic carbocycles. The van der Waals surface area contributed by atoms with Gasteiger partial charge in [-0.2, -0.15) is 0 Å². The maximum Gasteiger partial charge on any atom is 0.322 e. The second-order valence-electron chi connectivity index (χ2n) is 6.25. The Bertz CT molecular complexity index is 785. The van der Waals surface area contributed by atoms with Gasteiger partial charge in [-0.3, -0.25) is 0 Å². The Morgan fingerprint density at radius 1 is 1.07 bits per heavy atom. The van der Waals surface area contributed by atoms with Crippen LogP contribution < -0.4 is 19.5 Å². The van der Waals surface area contributed by atoms with Gasteiger partial charge >= 0.3 is 6.03 Å². The number of nitrogens with zero attached hydrogens (tertiary/aromatic N) is 1. The van der Waals surface area contributed by atoms with Crippen LogP contribution in [0.5, 0.6) is 17.2 Å². The third kappa shape index (κ3) is 4.06. The Morgan fingerprint density at radius 3 is 2.26 bits per heavy atom. The summed E-state index contributed by atoms with van der Waals surface area (Å²) in [7, 11) is 4.62. The second-order valence-corrected chi connectivity index (χ2v) is 6.68. The number of nitrogens with one attached hydrogen (secondary N) is 1. The number of carbonyl (C=O) groups excluding carboxylic acids is 1. The topological polar surface area (TPSA) is 60.0 Å². The molecule has 1 aliphatic heterocycles. The SMILES string of the molecule is COc1cc(NC(=O)N2CCCC2c2ccc(Cl)cc2)cc(OC)c1OC. The van der Waals surface area contributed by atoms with Crippen molar-refractivity contribution in [3.05, 3.63) is 47.0 Å². The highest BCUT2D eigenvalue weighted by atomic mass is 35.5. The van der Waals surface area contributed by atoms with Crippen molar-refractivity contribution >= 4 is 23.3 Å². The van der Waals surface area contributed by atoms with Crippen molar-refractivity contribution in [1.82, 2.24) is 4.90 Å². The molecule has 0 aliphatic carbocycles. The van der Waals surface area contributed by atoms with Gasteiger partial charge in [-0.1, -0.05) is 23.7 Å². The Morgan fingerprint density at radius 2 is 1.70 bits per heavy atom. The van der Waals surface area contributed by atoms with E-state index in [2.05, 4.69) is 5.32 Å². The standard InChI is InChI=1S/C20H23ClN2O4/c1-25-17-11-15(12-18(26-2)19(17)27-3)22-20(24)23-10-4-5-16(23)13-6-8-14(21)9-7-13/h6-9,11-12,16H,4-5,10H2,1-3H3,(H,22,24). The predicted molar refractivity (Wildman–Crippen MR) is 105 cm³/mol. The Kier molecular flexibility index (Phi) is 5.96. The Balaban J connectivity index is 1.81. The molecule has 1 fully saturated rings. The van der Waals surface area contributed by atoms with Gasteiger partial charge in [0.25, 0.3) is 0 Å². The fourth-order valence-electron chi connectivity index (χ4n) is 3.39. The van der Waals surface area contributed by atoms with Crippen LogP contribution >= 0.6 is 11.6 Å². The van der Waals surface area contributed by atoms with E-state index in [4.69, 9.17) is 25.8 Å². The van der Waals surface area contributed by atoms with Crippen LogP contribution in [0.4, 0.5) is 10.5 Å². The fourth-order valence-corrected chi connectivity index (χ4v) is 3.52. The molecule has 0 radical (unpaired) electrons. The zero-order valence-electron chi connectivity index (χ0n) is 15.6. The van der Waals surface area contributed by atoms with E-state index in [-0.39, 0.29) is 12.1 Å². The van der Waals surface area contributed by atoms with E-state index >= 15 is 0 Å². The van der Waals surface area contributed by atoms with Gasteiger partial charge in [-0.25, -0.2) is 4.79 Å². The molecule has 0 bridgehead atoms. The molecule has 0 aromatic heterocycles. The van der Waals surface area contributed by atoms with Crippen molar-refractivity contribution in [2.75, 3.05) is 33.2 Å². The molecule has 144 valence electrons. The van der Waals surface area contributed by atoms with Gasteiger partial charge < -0.3 is 24.4 Å². The van der Waals surface area contributed by atoms with Gasteiger partial charge in [0.05, 0.1) is 33.1 Å². The molecule has 2 amide bonds. The molecule has 2 aromatic rings. The Labute approximate surface area is 164 Å². The highest BCUT2D eigenvalue weighted by Crippen LogP contribution is 2.40. The van der Waals surface area contributed by atoms with Crippen molar-refractivity contribution in [3.63, 3.8) is 0 Å². The largest absolute Gasteiger partial charge is 0.493 e. The molecule has 3 rings (SSSR count). The number of urea groups is 1. The highest BCUT2D eigenvalue weighted by molar-refractivity contribution is 6.30. The van der Waals surface area contributed by atoms with Crippen LogP contribution in [0.1, 0.15) is 24.4 Å². The summed E-state index contributed by atoms with van der Waals surface area (Å²) in [6.07, 6.45) is 1.88. The number of halogens is 1. The summed E-state index contributed by atoms with van der Waals surface area (Å²) in [5.74, 6) is 1.46. The molecule has 6 nitrogen and oxygen atoms in total. The summed E-state index contributed by atoms with van der Waals surface area (Å²) in [5, 5.41) is 3.63. The van der Waals surface area contributed by atoms with E-state index in [1.54, 1.807) is 33.5 Å². The minimum absolute atomic E-state index is 0.0318. The van der Waals surface area contributed by atoms with E-state index in [1.807, 2.05) is 29.2 Å². The zero-order chi connectivity index (χ0) is 19.4. The molecule has 27 heavy (non-hydrogen) atoms. The van der Waals surface area contributed by atoms with Crippen molar-refractivity contribution < 1.29 is 19.0 Å². The second kappa shape index (κ2) is 8.39. The molecule has 0 saturated carbocycles. The minimum atomic E-state index is -0.165. The first-order chi connectivity index (χ1) is 13.1. The van der Waals surface area contributed by atoms with Crippen molar-refractivity contribution in [2.45, 2.75) is 18.9 Å². The van der Waals surface area contributed by atoms with E-state index < -0.39 is 0 Å². The smallest absolute Gasteiger partial charge is 0.322 e. The van der Waals surface area contributed by atoms with E-state index in [9.17, 15) is 4.79 Å². The molecule has 0 spiro atoms. The average molecular weight is 391 g/mol. The lowest BCUT2D eigenvalue weighted by molar-refractivity contribution is 0.207. The minimum Gasteiger partial charge on any atom is -0.493 e. The maximum atomic E-state index is 12.9. The van der Waals surface area contributed by atoms with Gasteiger partial charge in [-0.05, 0) is 30.5 Å². The van der Waals surface area contributed by atoms with E-state index in [0.29, 0.717) is 34.5 Å². The average Bonchev–Trinajstić information content (AvgIpc) is 3.17. The lowest BCUT2D eigenvalue weighted by atomic mass is 10.1. The first-order valence-electron chi connectivity index (χ1n) is 8.70. The monoisotopic (exact) mass is 390 g/mol. The number of likely N-dealkylation sites (tertiary alicyclic amines) is 1. The van der Waals surface area contributed by atoms with E-state index in [1.165, 1.54) is 0 Å². The lowest BCUT2D eigenvalue weighted by Crippen LogP contribution is -2.34. The van der Waals surface area contributed by atoms with Gasteiger partial charge in [0.1, 0.15) is 0 Å². The highest BCUT2D eigenvalue weighted by Gasteiger charge is 2.30. The van der Waals surface area contributed by atoms with Crippen LogP contribution in [0.2, 0.25) is 5.02 Å². The van der Waals surface area contributed by atoms with Crippen LogP contribution in [-0.4, -0.2) is 38.8 Å². The van der Waals surface area contributed by atoms with Gasteiger partial charge in [0, 0.05) is 23.7 Å². The third-order valence-corrected chi connectivity index (χ3v) is 4.94. The molecule has 1 atom stereocenters. The number of ether oxygens (including phenoxy) is 3. The first kappa shape index (κ1) is 19.2. The number of methoxy groups -OCH3 is 3. The summed E-state index contributed by atoms with van der Waals surface area (Å²) in [4.78, 5) is 14.7. The summed E-state index contributed by atoms with van der Waals surface area (Å²) in [5.41, 5.74) is 1.66. The quantitative estimate of drug-likeness (QED) is 0.801. The molecule has 7 heteroatoms. The molecule has 1 N–H and O–H groups in total. The number of anilines is 1. The summed E-state index contributed by atoms with van der Waals surface area (Å²) < 4.78 is 16.0. The molecular weight excluding hydrogens is 368 g/mol. The molecule has 1 saturated heterocycles. The number of rotatable bonds is 5. The fraction of sp³-hybridized carbons (Fsp3) is 0.350. The third-order valence-electron chi connectivity index (χ3n) is 4.68. The van der Waals surface area contributed by atoms with Crippen LogP contribution in [0.15, 0.2) is 36.4 Å². The van der Waals surface area contributed by atoms with Crippen LogP contribution in [-0.2, 0) is 0 Å².